The Morgan fingerprint density at radius 1 is 1.19 bits per heavy atom. The summed E-state index contributed by atoms with van der Waals surface area (Å²) in [7, 11) is 0. The molecule has 3 heteroatoms. The molecule has 0 heterocycles. The van der Waals surface area contributed by atoms with E-state index in [1.165, 1.54) is 0 Å². The molecular formula is C13H27NO2. The van der Waals surface area contributed by atoms with Crippen LogP contribution >= 0.6 is 0 Å². The first kappa shape index (κ1) is 15.4. The summed E-state index contributed by atoms with van der Waals surface area (Å²) in [5.41, 5.74) is -0.0760. The lowest BCUT2D eigenvalue weighted by atomic mass is 9.97. The summed E-state index contributed by atoms with van der Waals surface area (Å²) < 4.78 is 0. The first-order valence-electron chi connectivity index (χ1n) is 6.31. The highest BCUT2D eigenvalue weighted by atomic mass is 16.4. The summed E-state index contributed by atoms with van der Waals surface area (Å²) in [5, 5.41) is 8.99. The second-order valence-corrected chi connectivity index (χ2v) is 5.42. The summed E-state index contributed by atoms with van der Waals surface area (Å²) in [6.45, 7) is 10.7. The van der Waals surface area contributed by atoms with Gasteiger partial charge in [-0.2, -0.15) is 0 Å². The second-order valence-electron chi connectivity index (χ2n) is 5.42. The zero-order valence-electron chi connectivity index (χ0n) is 11.4. The lowest BCUT2D eigenvalue weighted by Crippen LogP contribution is -2.50. The maximum absolute atomic E-state index is 10.9. The Hall–Kier alpha value is -0.570. The summed E-state index contributed by atoms with van der Waals surface area (Å²) in [6.07, 6.45) is 4.38. The van der Waals surface area contributed by atoms with E-state index in [9.17, 15) is 4.79 Å². The average molecular weight is 229 g/mol. The number of aliphatic carboxylic acids is 1. The number of carbonyl (C=O) groups is 1. The van der Waals surface area contributed by atoms with Crippen LogP contribution in [0.25, 0.3) is 0 Å². The molecule has 0 aromatic carbocycles. The van der Waals surface area contributed by atoms with Crippen LogP contribution in [0.1, 0.15) is 60.3 Å². The van der Waals surface area contributed by atoms with Crippen LogP contribution < -0.4 is 0 Å². The third kappa shape index (κ3) is 5.50. The molecule has 0 aliphatic carbocycles. The molecular weight excluding hydrogens is 202 g/mol. The van der Waals surface area contributed by atoms with E-state index in [-0.39, 0.29) is 12.1 Å². The molecule has 0 atom stereocenters. The van der Waals surface area contributed by atoms with Crippen LogP contribution in [0.2, 0.25) is 0 Å². The fourth-order valence-corrected chi connectivity index (χ4v) is 2.18. The van der Waals surface area contributed by atoms with Gasteiger partial charge in [-0.05, 0) is 33.6 Å². The fourth-order valence-electron chi connectivity index (χ4n) is 2.18. The van der Waals surface area contributed by atoms with Crippen molar-refractivity contribution >= 4 is 5.97 Å². The summed E-state index contributed by atoms with van der Waals surface area (Å²) >= 11 is 0. The molecule has 1 N–H and O–H groups in total. The number of carboxylic acids is 1. The number of nitrogens with zero attached hydrogens (tertiary/aromatic N) is 1. The van der Waals surface area contributed by atoms with Crippen molar-refractivity contribution in [3.8, 4) is 0 Å². The van der Waals surface area contributed by atoms with E-state index >= 15 is 0 Å². The Balaban J connectivity index is 4.73. The summed E-state index contributed by atoms with van der Waals surface area (Å²) in [5.74, 6) is -0.730. The third-order valence-corrected chi connectivity index (χ3v) is 2.85. The highest BCUT2D eigenvalue weighted by Crippen LogP contribution is 2.22. The van der Waals surface area contributed by atoms with Crippen molar-refractivity contribution in [3.05, 3.63) is 0 Å². The number of hydrogen-bond donors (Lipinski definition) is 1. The van der Waals surface area contributed by atoms with Crippen LogP contribution in [0.15, 0.2) is 0 Å². The van der Waals surface area contributed by atoms with Gasteiger partial charge in [0, 0.05) is 11.6 Å². The molecule has 0 saturated heterocycles. The van der Waals surface area contributed by atoms with Crippen LogP contribution in [0, 0.1) is 0 Å². The normalized spacial score (nSPS) is 12.4. The molecule has 3 nitrogen and oxygen atoms in total. The molecule has 0 aromatic heterocycles. The van der Waals surface area contributed by atoms with Crippen molar-refractivity contribution in [2.24, 2.45) is 0 Å². The molecule has 0 saturated carbocycles. The van der Waals surface area contributed by atoms with Crippen molar-refractivity contribution in [2.45, 2.75) is 71.9 Å². The number of rotatable bonds is 7. The molecule has 0 spiro atoms. The van der Waals surface area contributed by atoms with Gasteiger partial charge in [0.15, 0.2) is 0 Å². The fraction of sp³-hybridized carbons (Fsp3) is 0.923. The predicted molar refractivity (Wildman–Crippen MR) is 67.7 cm³/mol. The van der Waals surface area contributed by atoms with Gasteiger partial charge in [0.25, 0.3) is 0 Å². The van der Waals surface area contributed by atoms with Gasteiger partial charge in [-0.1, -0.05) is 26.7 Å². The largest absolute Gasteiger partial charge is 0.480 e. The topological polar surface area (TPSA) is 40.5 Å². The van der Waals surface area contributed by atoms with E-state index in [1.54, 1.807) is 0 Å². The van der Waals surface area contributed by atoms with Crippen molar-refractivity contribution < 1.29 is 9.90 Å². The summed E-state index contributed by atoms with van der Waals surface area (Å²) in [6, 6.07) is 0.395. The van der Waals surface area contributed by atoms with Gasteiger partial charge >= 0.3 is 5.97 Å². The van der Waals surface area contributed by atoms with E-state index < -0.39 is 5.97 Å². The molecule has 96 valence electrons. The van der Waals surface area contributed by atoms with Crippen molar-refractivity contribution in [2.75, 3.05) is 6.54 Å². The molecule has 0 fully saturated rings. The molecule has 0 aromatic rings. The monoisotopic (exact) mass is 229 g/mol. The minimum Gasteiger partial charge on any atom is -0.480 e. The Morgan fingerprint density at radius 2 is 1.62 bits per heavy atom. The molecule has 0 aliphatic rings. The van der Waals surface area contributed by atoms with Crippen LogP contribution in [-0.2, 0) is 4.79 Å². The van der Waals surface area contributed by atoms with Gasteiger partial charge in [-0.3, -0.25) is 9.69 Å². The van der Waals surface area contributed by atoms with E-state index in [2.05, 4.69) is 39.5 Å². The smallest absolute Gasteiger partial charge is 0.317 e. The lowest BCUT2D eigenvalue weighted by molar-refractivity contribution is -0.140. The zero-order chi connectivity index (χ0) is 12.8. The van der Waals surface area contributed by atoms with E-state index in [4.69, 9.17) is 5.11 Å². The minimum absolute atomic E-state index is 0.0760. The van der Waals surface area contributed by atoms with E-state index in [0.717, 1.165) is 25.7 Å². The Bertz CT molecular complexity index is 202. The number of carboxylic acid groups (broad SMARTS) is 1. The van der Waals surface area contributed by atoms with Gasteiger partial charge in [-0.25, -0.2) is 0 Å². The van der Waals surface area contributed by atoms with Gasteiger partial charge < -0.3 is 5.11 Å². The minimum atomic E-state index is -0.730. The molecule has 0 rings (SSSR count). The highest BCUT2D eigenvalue weighted by Gasteiger charge is 2.29. The third-order valence-electron chi connectivity index (χ3n) is 2.85. The molecule has 0 unspecified atom stereocenters. The maximum atomic E-state index is 10.9. The first-order valence-corrected chi connectivity index (χ1v) is 6.31. The Labute approximate surface area is 99.8 Å². The zero-order valence-corrected chi connectivity index (χ0v) is 11.4. The first-order chi connectivity index (χ1) is 7.32. The summed E-state index contributed by atoms with van der Waals surface area (Å²) in [4.78, 5) is 13.1. The van der Waals surface area contributed by atoms with Crippen LogP contribution in [-0.4, -0.2) is 34.1 Å². The predicted octanol–water partition coefficient (Wildman–Crippen LogP) is 3.14. The van der Waals surface area contributed by atoms with Gasteiger partial charge in [0.1, 0.15) is 0 Å². The molecule has 0 radical (unpaired) electrons. The van der Waals surface area contributed by atoms with Crippen molar-refractivity contribution in [3.63, 3.8) is 0 Å². The molecule has 0 aliphatic heterocycles. The SMILES string of the molecule is CCCC(CCC)N(CC(=O)O)C(C)(C)C. The number of hydrogen-bond acceptors (Lipinski definition) is 2. The molecule has 0 bridgehead atoms. The molecule has 16 heavy (non-hydrogen) atoms. The van der Waals surface area contributed by atoms with Crippen LogP contribution in [0.3, 0.4) is 0 Å². The Kier molecular flexibility index (Phi) is 6.65. The van der Waals surface area contributed by atoms with Gasteiger partial charge in [0.05, 0.1) is 6.54 Å². The van der Waals surface area contributed by atoms with Gasteiger partial charge in [0.2, 0.25) is 0 Å². The van der Waals surface area contributed by atoms with Crippen LogP contribution in [0.5, 0.6) is 0 Å². The second kappa shape index (κ2) is 6.89. The van der Waals surface area contributed by atoms with Crippen molar-refractivity contribution in [1.82, 2.24) is 4.90 Å². The standard InChI is InChI=1S/C13H27NO2/c1-6-8-11(9-7-2)14(10-12(15)16)13(3,4)5/h11H,6-10H2,1-5H3,(H,15,16). The average Bonchev–Trinajstić information content (AvgIpc) is 2.12. The van der Waals surface area contributed by atoms with Crippen molar-refractivity contribution in [1.29, 1.82) is 0 Å². The van der Waals surface area contributed by atoms with Crippen LogP contribution in [0.4, 0.5) is 0 Å². The maximum Gasteiger partial charge on any atom is 0.317 e. The van der Waals surface area contributed by atoms with Gasteiger partial charge in [-0.15, -0.1) is 0 Å². The highest BCUT2D eigenvalue weighted by molar-refractivity contribution is 5.69. The quantitative estimate of drug-likeness (QED) is 0.729. The Morgan fingerprint density at radius 3 is 1.88 bits per heavy atom. The van der Waals surface area contributed by atoms with E-state index in [1.807, 2.05) is 0 Å². The van der Waals surface area contributed by atoms with E-state index in [0.29, 0.717) is 6.04 Å². The lowest BCUT2D eigenvalue weighted by Gasteiger charge is -2.40. The molecule has 0 amide bonds.